The number of amides is 1. The third-order valence-electron chi connectivity index (χ3n) is 11.6. The first kappa shape index (κ1) is 29.0. The van der Waals surface area contributed by atoms with Crippen LogP contribution in [0.15, 0.2) is 11.6 Å². The van der Waals surface area contributed by atoms with Crippen molar-refractivity contribution < 1.29 is 9.53 Å². The first-order valence-electron chi connectivity index (χ1n) is 15.8. The van der Waals surface area contributed by atoms with Crippen molar-refractivity contribution in [2.45, 2.75) is 118 Å². The zero-order valence-electron chi connectivity index (χ0n) is 25.3. The molecular formula is C33H58N2O2. The van der Waals surface area contributed by atoms with E-state index in [0.717, 1.165) is 61.3 Å². The van der Waals surface area contributed by atoms with Gasteiger partial charge in [0.05, 0.1) is 0 Å². The number of ether oxygens (including phenoxy) is 1. The van der Waals surface area contributed by atoms with Gasteiger partial charge < -0.3 is 15.0 Å². The molecule has 4 aliphatic carbocycles. The molecule has 4 heteroatoms. The Bertz CT molecular complexity index is 806. The smallest absolute Gasteiger partial charge is 0.407 e. The van der Waals surface area contributed by atoms with Crippen LogP contribution in [0.1, 0.15) is 112 Å². The Morgan fingerprint density at radius 3 is 2.57 bits per heavy atom. The third kappa shape index (κ3) is 6.25. The SMILES string of the molecule is CC(C)CCCC(C)C1CCC2C3CC=C4CC(OC(=O)NCCCN(C)C)CCC4(C)C3CCC12C. The van der Waals surface area contributed by atoms with E-state index in [2.05, 4.69) is 65.0 Å². The van der Waals surface area contributed by atoms with E-state index in [1.54, 1.807) is 5.57 Å². The van der Waals surface area contributed by atoms with Crippen molar-refractivity contribution in [3.63, 3.8) is 0 Å². The number of nitrogens with zero attached hydrogens (tertiary/aromatic N) is 1. The first-order valence-corrected chi connectivity index (χ1v) is 15.8. The lowest BCUT2D eigenvalue weighted by Gasteiger charge is -2.58. The maximum atomic E-state index is 12.4. The summed E-state index contributed by atoms with van der Waals surface area (Å²) < 4.78 is 5.90. The summed E-state index contributed by atoms with van der Waals surface area (Å²) >= 11 is 0. The van der Waals surface area contributed by atoms with Crippen molar-refractivity contribution in [1.29, 1.82) is 0 Å². The van der Waals surface area contributed by atoms with E-state index >= 15 is 0 Å². The Morgan fingerprint density at radius 1 is 1.05 bits per heavy atom. The summed E-state index contributed by atoms with van der Waals surface area (Å²) in [6.07, 6.45) is 17.7. The number of hydrogen-bond donors (Lipinski definition) is 1. The molecule has 37 heavy (non-hydrogen) atoms. The second-order valence-corrected chi connectivity index (χ2v) is 14.6. The molecule has 4 rings (SSSR count). The summed E-state index contributed by atoms with van der Waals surface area (Å²) in [4.78, 5) is 14.5. The molecule has 1 amide bonds. The predicted octanol–water partition coefficient (Wildman–Crippen LogP) is 8.07. The summed E-state index contributed by atoms with van der Waals surface area (Å²) in [6, 6.07) is 0. The van der Waals surface area contributed by atoms with E-state index in [9.17, 15) is 4.79 Å². The molecule has 0 radical (unpaired) electrons. The van der Waals surface area contributed by atoms with Crippen molar-refractivity contribution in [1.82, 2.24) is 10.2 Å². The van der Waals surface area contributed by atoms with Gasteiger partial charge in [0.25, 0.3) is 0 Å². The van der Waals surface area contributed by atoms with E-state index in [0.29, 0.717) is 17.4 Å². The molecule has 4 nitrogen and oxygen atoms in total. The van der Waals surface area contributed by atoms with E-state index in [-0.39, 0.29) is 12.2 Å². The van der Waals surface area contributed by atoms with Crippen LogP contribution in [0.5, 0.6) is 0 Å². The van der Waals surface area contributed by atoms with Gasteiger partial charge in [-0.2, -0.15) is 0 Å². The highest BCUT2D eigenvalue weighted by atomic mass is 16.6. The maximum absolute atomic E-state index is 12.4. The molecule has 8 unspecified atom stereocenters. The van der Waals surface area contributed by atoms with Crippen molar-refractivity contribution >= 4 is 6.09 Å². The molecule has 3 fully saturated rings. The normalized spacial score (nSPS) is 38.0. The summed E-state index contributed by atoms with van der Waals surface area (Å²) in [5.74, 6) is 5.21. The molecule has 0 aromatic heterocycles. The summed E-state index contributed by atoms with van der Waals surface area (Å²) in [6.45, 7) is 14.2. The number of carbonyl (C=O) groups excluding carboxylic acids is 1. The summed E-state index contributed by atoms with van der Waals surface area (Å²) in [5, 5.41) is 2.97. The second kappa shape index (κ2) is 12.0. The Labute approximate surface area is 228 Å². The monoisotopic (exact) mass is 514 g/mol. The standard InChI is InChI=1S/C33H58N2O2/c1-23(2)10-8-11-24(3)28-14-15-29-27-13-12-25-22-26(37-31(36)34-20-9-21-35(6)7)16-18-32(25,4)30(27)17-19-33(28,29)5/h12,23-24,26-30H,8-11,13-22H2,1-7H3,(H,34,36). The minimum Gasteiger partial charge on any atom is -0.446 e. The van der Waals surface area contributed by atoms with Gasteiger partial charge in [-0.1, -0.05) is 65.5 Å². The van der Waals surface area contributed by atoms with Crippen LogP contribution < -0.4 is 5.32 Å². The molecule has 0 spiro atoms. The van der Waals surface area contributed by atoms with Gasteiger partial charge in [0.1, 0.15) is 6.10 Å². The summed E-state index contributed by atoms with van der Waals surface area (Å²) in [7, 11) is 4.13. The van der Waals surface area contributed by atoms with Gasteiger partial charge in [0.15, 0.2) is 0 Å². The van der Waals surface area contributed by atoms with Crippen molar-refractivity contribution in [3.05, 3.63) is 11.6 Å². The van der Waals surface area contributed by atoms with Gasteiger partial charge in [0, 0.05) is 13.0 Å². The molecular weight excluding hydrogens is 456 g/mol. The van der Waals surface area contributed by atoms with Crippen molar-refractivity contribution in [2.75, 3.05) is 27.2 Å². The van der Waals surface area contributed by atoms with E-state index in [1.807, 2.05) is 0 Å². The van der Waals surface area contributed by atoms with Crippen LogP contribution in [0.3, 0.4) is 0 Å². The first-order chi connectivity index (χ1) is 17.5. The van der Waals surface area contributed by atoms with E-state index < -0.39 is 0 Å². The topological polar surface area (TPSA) is 41.6 Å². The lowest BCUT2D eigenvalue weighted by atomic mass is 9.47. The average molecular weight is 515 g/mol. The van der Waals surface area contributed by atoms with Crippen LogP contribution in [-0.4, -0.2) is 44.3 Å². The van der Waals surface area contributed by atoms with Gasteiger partial charge in [-0.25, -0.2) is 4.79 Å². The van der Waals surface area contributed by atoms with Gasteiger partial charge >= 0.3 is 6.09 Å². The van der Waals surface area contributed by atoms with E-state index in [4.69, 9.17) is 4.74 Å². The number of fused-ring (bicyclic) bond motifs is 5. The van der Waals surface area contributed by atoms with Crippen LogP contribution in [0.4, 0.5) is 4.79 Å². The number of carbonyl (C=O) groups is 1. The third-order valence-corrected chi connectivity index (χ3v) is 11.6. The lowest BCUT2D eigenvalue weighted by Crippen LogP contribution is -2.51. The van der Waals surface area contributed by atoms with Crippen LogP contribution in [0.25, 0.3) is 0 Å². The molecule has 4 aliphatic rings. The molecule has 3 saturated carbocycles. The van der Waals surface area contributed by atoms with Crippen molar-refractivity contribution in [2.24, 2.45) is 46.3 Å². The summed E-state index contributed by atoms with van der Waals surface area (Å²) in [5.41, 5.74) is 2.46. The van der Waals surface area contributed by atoms with Crippen LogP contribution in [-0.2, 0) is 4.74 Å². The quantitative estimate of drug-likeness (QED) is 0.237. The number of rotatable bonds is 10. The highest BCUT2D eigenvalue weighted by Crippen LogP contribution is 2.67. The minimum atomic E-state index is -0.227. The number of allylic oxidation sites excluding steroid dienone is 1. The number of nitrogens with one attached hydrogen (secondary N) is 1. The fourth-order valence-electron chi connectivity index (χ4n) is 9.53. The van der Waals surface area contributed by atoms with Crippen LogP contribution in [0.2, 0.25) is 0 Å². The zero-order valence-corrected chi connectivity index (χ0v) is 25.3. The van der Waals surface area contributed by atoms with Crippen LogP contribution >= 0.6 is 0 Å². The molecule has 0 aromatic carbocycles. The molecule has 0 bridgehead atoms. The van der Waals surface area contributed by atoms with E-state index in [1.165, 1.54) is 57.8 Å². The van der Waals surface area contributed by atoms with Gasteiger partial charge in [-0.3, -0.25) is 0 Å². The highest BCUT2D eigenvalue weighted by molar-refractivity contribution is 5.67. The molecule has 212 valence electrons. The fraction of sp³-hybridized carbons (Fsp3) is 0.909. The average Bonchev–Trinajstić information content (AvgIpc) is 3.19. The Balaban J connectivity index is 1.35. The Kier molecular flexibility index (Phi) is 9.40. The molecule has 0 aliphatic heterocycles. The maximum Gasteiger partial charge on any atom is 0.407 e. The van der Waals surface area contributed by atoms with Gasteiger partial charge in [0.2, 0.25) is 0 Å². The molecule has 0 aromatic rings. The number of hydrogen-bond acceptors (Lipinski definition) is 3. The van der Waals surface area contributed by atoms with Gasteiger partial charge in [-0.15, -0.1) is 0 Å². The highest BCUT2D eigenvalue weighted by Gasteiger charge is 2.59. The lowest BCUT2D eigenvalue weighted by molar-refractivity contribution is -0.0581. The molecule has 0 heterocycles. The predicted molar refractivity (Wildman–Crippen MR) is 154 cm³/mol. The zero-order chi connectivity index (χ0) is 26.8. The largest absolute Gasteiger partial charge is 0.446 e. The van der Waals surface area contributed by atoms with Crippen LogP contribution in [0, 0.1) is 46.3 Å². The second-order valence-electron chi connectivity index (χ2n) is 14.6. The molecule has 8 atom stereocenters. The fourth-order valence-corrected chi connectivity index (χ4v) is 9.53. The van der Waals surface area contributed by atoms with Gasteiger partial charge in [-0.05, 0) is 118 Å². The Hall–Kier alpha value is -1.03. The number of alkyl carbamates (subject to hydrolysis) is 1. The molecule has 0 saturated heterocycles. The van der Waals surface area contributed by atoms with Crippen molar-refractivity contribution in [3.8, 4) is 0 Å². The Morgan fingerprint density at radius 2 is 1.84 bits per heavy atom. The minimum absolute atomic E-state index is 0.0427. The molecule has 1 N–H and O–H groups in total.